The van der Waals surface area contributed by atoms with Crippen molar-refractivity contribution < 1.29 is 9.53 Å². The van der Waals surface area contributed by atoms with Crippen LogP contribution in [0.4, 0.5) is 0 Å². The molecule has 0 saturated carbocycles. The van der Waals surface area contributed by atoms with Crippen LogP contribution in [0.3, 0.4) is 0 Å². The van der Waals surface area contributed by atoms with E-state index in [-0.39, 0.29) is 11.9 Å². The van der Waals surface area contributed by atoms with Gasteiger partial charge in [0.1, 0.15) is 11.4 Å². The van der Waals surface area contributed by atoms with Crippen molar-refractivity contribution in [1.82, 2.24) is 4.90 Å². The van der Waals surface area contributed by atoms with Gasteiger partial charge in [-0.2, -0.15) is 0 Å². The molecule has 2 N–H and O–H groups in total. The van der Waals surface area contributed by atoms with Crippen molar-refractivity contribution in [1.29, 1.82) is 0 Å². The molecular weight excluding hydrogens is 350 g/mol. The molecule has 0 aliphatic carbocycles. The molecule has 1 amide bonds. The highest BCUT2D eigenvalue weighted by Crippen LogP contribution is 2.50. The molecule has 6 heteroatoms. The molecule has 0 aromatic heterocycles. The first-order valence-electron chi connectivity index (χ1n) is 8.45. The second kappa shape index (κ2) is 5.48. The van der Waals surface area contributed by atoms with Gasteiger partial charge in [0.25, 0.3) is 5.91 Å². The summed E-state index contributed by atoms with van der Waals surface area (Å²) in [5.41, 5.74) is 6.92. The van der Waals surface area contributed by atoms with E-state index in [2.05, 4.69) is 4.99 Å². The average Bonchev–Trinajstić information content (AvgIpc) is 2.79. The van der Waals surface area contributed by atoms with Crippen molar-refractivity contribution in [3.8, 4) is 16.9 Å². The van der Waals surface area contributed by atoms with Crippen molar-refractivity contribution in [3.05, 3.63) is 53.1 Å². The number of hydrogen-bond acceptors (Lipinski definition) is 4. The average molecular weight is 370 g/mol. The number of amides is 1. The van der Waals surface area contributed by atoms with Crippen LogP contribution in [0.25, 0.3) is 11.1 Å². The third-order valence-electron chi connectivity index (χ3n) is 4.99. The molecule has 2 heterocycles. The molecule has 5 nitrogen and oxygen atoms in total. The minimum atomic E-state index is -1.06. The molecule has 0 bridgehead atoms. The summed E-state index contributed by atoms with van der Waals surface area (Å²) < 4.78 is 6.13. The first kappa shape index (κ1) is 16.9. The monoisotopic (exact) mass is 369 g/mol. The van der Waals surface area contributed by atoms with Crippen LogP contribution in [-0.2, 0) is 10.3 Å². The minimum absolute atomic E-state index is 0.135. The number of nitrogens with zero attached hydrogens (tertiary/aromatic N) is 2. The molecule has 134 valence electrons. The van der Waals surface area contributed by atoms with Crippen molar-refractivity contribution in [3.63, 3.8) is 0 Å². The SMILES string of the molecule is CN1C(=O)C2(CC(C)(C)Oc3ccc(-c4ccccc4Cl)cc32)N=C1N. The van der Waals surface area contributed by atoms with Crippen LogP contribution in [0, 0.1) is 0 Å². The Morgan fingerprint density at radius 2 is 1.96 bits per heavy atom. The zero-order chi connectivity index (χ0) is 18.7. The van der Waals surface area contributed by atoms with Gasteiger partial charge in [-0.15, -0.1) is 0 Å². The maximum atomic E-state index is 13.1. The number of fused-ring (bicyclic) bond motifs is 2. The number of rotatable bonds is 1. The van der Waals surface area contributed by atoms with Crippen molar-refractivity contribution >= 4 is 23.5 Å². The molecule has 0 fully saturated rings. The maximum Gasteiger partial charge on any atom is 0.261 e. The van der Waals surface area contributed by atoms with Gasteiger partial charge in [-0.05, 0) is 37.6 Å². The molecular formula is C20H20ClN3O2. The Bertz CT molecular complexity index is 954. The predicted molar refractivity (Wildman–Crippen MR) is 102 cm³/mol. The molecule has 0 radical (unpaired) electrons. The van der Waals surface area contributed by atoms with E-state index in [0.29, 0.717) is 17.2 Å². The van der Waals surface area contributed by atoms with Crippen LogP contribution >= 0.6 is 11.6 Å². The van der Waals surface area contributed by atoms with Gasteiger partial charge in [-0.25, -0.2) is 4.99 Å². The quantitative estimate of drug-likeness (QED) is 0.835. The Morgan fingerprint density at radius 1 is 1.23 bits per heavy atom. The minimum Gasteiger partial charge on any atom is -0.487 e. The van der Waals surface area contributed by atoms with Gasteiger partial charge in [-0.3, -0.25) is 9.69 Å². The standard InChI is InChI=1S/C20H20ClN3O2/c1-19(2)11-20(17(25)24(3)18(22)23-20)14-10-12(8-9-16(14)26-19)13-6-4-5-7-15(13)21/h4-10H,11H2,1-3H3,(H2,22,23). The Morgan fingerprint density at radius 3 is 2.62 bits per heavy atom. The van der Waals surface area contributed by atoms with E-state index in [1.54, 1.807) is 7.05 Å². The van der Waals surface area contributed by atoms with Crippen LogP contribution in [0.5, 0.6) is 5.75 Å². The van der Waals surface area contributed by atoms with E-state index in [4.69, 9.17) is 22.1 Å². The van der Waals surface area contributed by atoms with Crippen LogP contribution in [-0.4, -0.2) is 29.4 Å². The zero-order valence-corrected chi connectivity index (χ0v) is 15.7. The number of guanidine groups is 1. The van der Waals surface area contributed by atoms with E-state index in [1.165, 1.54) is 4.90 Å². The molecule has 1 unspecified atom stereocenters. The Balaban J connectivity index is 1.95. The molecule has 26 heavy (non-hydrogen) atoms. The van der Waals surface area contributed by atoms with Crippen molar-refractivity contribution in [2.24, 2.45) is 10.7 Å². The Hall–Kier alpha value is -2.53. The van der Waals surface area contributed by atoms with Crippen LogP contribution in [0.1, 0.15) is 25.8 Å². The highest BCUT2D eigenvalue weighted by Gasteiger charge is 2.55. The van der Waals surface area contributed by atoms with Gasteiger partial charge in [0.15, 0.2) is 11.5 Å². The Kier molecular flexibility index (Phi) is 3.57. The summed E-state index contributed by atoms with van der Waals surface area (Å²) in [6.07, 6.45) is 0.419. The van der Waals surface area contributed by atoms with Gasteiger partial charge in [0.2, 0.25) is 0 Å². The second-order valence-electron chi connectivity index (χ2n) is 7.42. The van der Waals surface area contributed by atoms with Gasteiger partial charge in [-0.1, -0.05) is 35.9 Å². The lowest BCUT2D eigenvalue weighted by Crippen LogP contribution is -2.49. The smallest absolute Gasteiger partial charge is 0.261 e. The normalized spacial score (nSPS) is 23.6. The molecule has 2 aliphatic heterocycles. The topological polar surface area (TPSA) is 67.9 Å². The lowest BCUT2D eigenvalue weighted by atomic mass is 9.77. The van der Waals surface area contributed by atoms with Crippen LogP contribution in [0.15, 0.2) is 47.5 Å². The molecule has 0 saturated heterocycles. The maximum absolute atomic E-state index is 13.1. The predicted octanol–water partition coefficient (Wildman–Crippen LogP) is 3.55. The van der Waals surface area contributed by atoms with Crippen molar-refractivity contribution in [2.45, 2.75) is 31.4 Å². The van der Waals surface area contributed by atoms with E-state index in [9.17, 15) is 4.79 Å². The number of hydrogen-bond donors (Lipinski definition) is 1. The number of ether oxygens (including phenoxy) is 1. The summed E-state index contributed by atoms with van der Waals surface area (Å²) in [6, 6.07) is 13.4. The fraction of sp³-hybridized carbons (Fsp3) is 0.300. The number of nitrogens with two attached hydrogens (primary N) is 1. The largest absolute Gasteiger partial charge is 0.487 e. The van der Waals surface area contributed by atoms with E-state index >= 15 is 0 Å². The first-order valence-corrected chi connectivity index (χ1v) is 8.83. The summed E-state index contributed by atoms with van der Waals surface area (Å²) in [6.45, 7) is 3.91. The van der Waals surface area contributed by atoms with Gasteiger partial charge in [0.05, 0.1) is 0 Å². The van der Waals surface area contributed by atoms with Gasteiger partial charge >= 0.3 is 0 Å². The number of likely N-dealkylation sites (N-methyl/N-ethyl adjacent to an activating group) is 1. The fourth-order valence-electron chi connectivity index (χ4n) is 3.84. The fourth-order valence-corrected chi connectivity index (χ4v) is 4.09. The number of carbonyl (C=O) groups is 1. The van der Waals surface area contributed by atoms with Gasteiger partial charge < -0.3 is 10.5 Å². The van der Waals surface area contributed by atoms with Gasteiger partial charge in [0, 0.05) is 29.6 Å². The van der Waals surface area contributed by atoms with Crippen LogP contribution < -0.4 is 10.5 Å². The molecule has 4 rings (SSSR count). The number of aliphatic imine (C=N–C) groups is 1. The second-order valence-corrected chi connectivity index (χ2v) is 7.83. The summed E-state index contributed by atoms with van der Waals surface area (Å²) in [4.78, 5) is 19.1. The van der Waals surface area contributed by atoms with Crippen LogP contribution in [0.2, 0.25) is 5.02 Å². The lowest BCUT2D eigenvalue weighted by molar-refractivity contribution is -0.133. The summed E-state index contributed by atoms with van der Waals surface area (Å²) in [5.74, 6) is 0.739. The number of benzene rings is 2. The van der Waals surface area contributed by atoms with E-state index in [1.807, 2.05) is 56.3 Å². The molecule has 1 spiro atoms. The Labute approximate surface area is 157 Å². The lowest BCUT2D eigenvalue weighted by Gasteiger charge is -2.41. The third kappa shape index (κ3) is 2.38. The number of halogens is 1. The third-order valence-corrected chi connectivity index (χ3v) is 5.31. The first-order chi connectivity index (χ1) is 12.2. The molecule has 2 aliphatic rings. The van der Waals surface area contributed by atoms with E-state index in [0.717, 1.165) is 16.7 Å². The highest BCUT2D eigenvalue weighted by molar-refractivity contribution is 6.33. The number of carbonyl (C=O) groups excluding carboxylic acids is 1. The van der Waals surface area contributed by atoms with E-state index < -0.39 is 11.1 Å². The molecule has 2 aromatic rings. The molecule has 2 aromatic carbocycles. The molecule has 1 atom stereocenters. The summed E-state index contributed by atoms with van der Waals surface area (Å²) >= 11 is 6.36. The van der Waals surface area contributed by atoms with Crippen molar-refractivity contribution in [2.75, 3.05) is 7.05 Å². The summed E-state index contributed by atoms with van der Waals surface area (Å²) in [5, 5.41) is 0.649. The highest BCUT2D eigenvalue weighted by atomic mass is 35.5. The summed E-state index contributed by atoms with van der Waals surface area (Å²) in [7, 11) is 1.65. The zero-order valence-electron chi connectivity index (χ0n) is 14.9.